The third-order valence-corrected chi connectivity index (χ3v) is 3.52. The van der Waals surface area contributed by atoms with Crippen molar-refractivity contribution >= 4 is 0 Å². The molecular weight excluding hydrogens is 186 g/mol. The van der Waals surface area contributed by atoms with Gasteiger partial charge in [0.05, 0.1) is 12.5 Å². The number of nitrogens with one attached hydrogen (secondary N) is 1. The molecule has 1 fully saturated rings. The van der Waals surface area contributed by atoms with Crippen LogP contribution < -0.4 is 5.32 Å². The molecule has 0 saturated heterocycles. The van der Waals surface area contributed by atoms with E-state index in [0.29, 0.717) is 6.04 Å². The summed E-state index contributed by atoms with van der Waals surface area (Å²) in [6.45, 7) is 3.33. The quantitative estimate of drug-likeness (QED) is 0.799. The summed E-state index contributed by atoms with van der Waals surface area (Å²) in [6.07, 6.45) is 10.7. The minimum absolute atomic E-state index is 0.421. The molecule has 0 spiro atoms. The van der Waals surface area contributed by atoms with Crippen molar-refractivity contribution in [2.24, 2.45) is 5.92 Å². The topological polar surface area (TPSA) is 25.2 Å². The molecule has 1 heterocycles. The van der Waals surface area contributed by atoms with E-state index < -0.39 is 0 Å². The van der Waals surface area contributed by atoms with E-state index in [2.05, 4.69) is 12.2 Å². The Labute approximate surface area is 92.1 Å². The highest BCUT2D eigenvalue weighted by Gasteiger charge is 2.14. The van der Waals surface area contributed by atoms with E-state index in [1.807, 2.05) is 12.3 Å². The van der Waals surface area contributed by atoms with Gasteiger partial charge in [-0.3, -0.25) is 0 Å². The van der Waals surface area contributed by atoms with Gasteiger partial charge in [-0.25, -0.2) is 0 Å². The first-order chi connectivity index (χ1) is 7.36. The van der Waals surface area contributed by atoms with E-state index in [-0.39, 0.29) is 0 Å². The van der Waals surface area contributed by atoms with Crippen molar-refractivity contribution in [2.75, 3.05) is 6.54 Å². The van der Waals surface area contributed by atoms with E-state index in [1.54, 1.807) is 6.26 Å². The molecule has 2 heteroatoms. The Morgan fingerprint density at radius 3 is 2.93 bits per heavy atom. The van der Waals surface area contributed by atoms with Crippen LogP contribution in [0, 0.1) is 5.92 Å². The Bertz CT molecular complexity index is 262. The van der Waals surface area contributed by atoms with Gasteiger partial charge in [-0.2, -0.15) is 0 Å². The highest BCUT2D eigenvalue weighted by molar-refractivity contribution is 5.10. The van der Waals surface area contributed by atoms with Gasteiger partial charge in [0, 0.05) is 11.6 Å². The molecule has 1 unspecified atom stereocenters. The first kappa shape index (κ1) is 10.7. The average molecular weight is 207 g/mol. The van der Waals surface area contributed by atoms with Gasteiger partial charge in [-0.05, 0) is 31.9 Å². The molecule has 0 aromatic carbocycles. The van der Waals surface area contributed by atoms with Gasteiger partial charge in [-0.1, -0.05) is 25.7 Å². The molecule has 0 aliphatic heterocycles. The van der Waals surface area contributed by atoms with Crippen molar-refractivity contribution in [3.63, 3.8) is 0 Å². The van der Waals surface area contributed by atoms with Crippen LogP contribution in [0.25, 0.3) is 0 Å². The second kappa shape index (κ2) is 5.36. The van der Waals surface area contributed by atoms with Crippen molar-refractivity contribution in [1.82, 2.24) is 5.32 Å². The van der Waals surface area contributed by atoms with Crippen LogP contribution in [0.4, 0.5) is 0 Å². The van der Waals surface area contributed by atoms with Crippen molar-refractivity contribution in [3.8, 4) is 0 Å². The minimum Gasteiger partial charge on any atom is -0.472 e. The SMILES string of the molecule is CC(NCCC1CCCC1)c1ccoc1. The molecule has 2 rings (SSSR count). The normalized spacial score (nSPS) is 19.5. The molecule has 0 radical (unpaired) electrons. The lowest BCUT2D eigenvalue weighted by Gasteiger charge is -2.14. The Morgan fingerprint density at radius 1 is 1.47 bits per heavy atom. The maximum Gasteiger partial charge on any atom is 0.0950 e. The minimum atomic E-state index is 0.421. The van der Waals surface area contributed by atoms with Crippen LogP contribution in [-0.2, 0) is 0 Å². The van der Waals surface area contributed by atoms with Crippen LogP contribution in [0.3, 0.4) is 0 Å². The average Bonchev–Trinajstić information content (AvgIpc) is 2.90. The highest BCUT2D eigenvalue weighted by Crippen LogP contribution is 2.27. The molecular formula is C13H21NO. The van der Waals surface area contributed by atoms with Gasteiger partial charge < -0.3 is 9.73 Å². The number of hydrogen-bond donors (Lipinski definition) is 1. The smallest absolute Gasteiger partial charge is 0.0950 e. The monoisotopic (exact) mass is 207 g/mol. The van der Waals surface area contributed by atoms with Gasteiger partial charge >= 0.3 is 0 Å². The summed E-state index contributed by atoms with van der Waals surface area (Å²) >= 11 is 0. The molecule has 2 nitrogen and oxygen atoms in total. The summed E-state index contributed by atoms with van der Waals surface area (Å²) in [7, 11) is 0. The third-order valence-electron chi connectivity index (χ3n) is 3.52. The molecule has 0 bridgehead atoms. The maximum atomic E-state index is 5.08. The Hall–Kier alpha value is -0.760. The molecule has 84 valence electrons. The molecule has 1 atom stereocenters. The zero-order valence-electron chi connectivity index (χ0n) is 9.54. The van der Waals surface area contributed by atoms with Gasteiger partial charge in [0.25, 0.3) is 0 Å². The molecule has 1 saturated carbocycles. The molecule has 1 N–H and O–H groups in total. The lowest BCUT2D eigenvalue weighted by molar-refractivity contribution is 0.453. The van der Waals surface area contributed by atoms with Crippen LogP contribution in [0.1, 0.15) is 50.6 Å². The molecule has 1 aliphatic rings. The number of rotatable bonds is 5. The summed E-state index contributed by atoms with van der Waals surface area (Å²) in [4.78, 5) is 0. The second-order valence-electron chi connectivity index (χ2n) is 4.67. The van der Waals surface area contributed by atoms with Gasteiger partial charge in [0.15, 0.2) is 0 Å². The molecule has 1 aromatic rings. The summed E-state index contributed by atoms with van der Waals surface area (Å²) in [5.41, 5.74) is 1.25. The predicted molar refractivity (Wildman–Crippen MR) is 61.7 cm³/mol. The first-order valence-electron chi connectivity index (χ1n) is 6.12. The predicted octanol–water partition coefficient (Wildman–Crippen LogP) is 3.51. The van der Waals surface area contributed by atoms with Crippen LogP contribution in [0.5, 0.6) is 0 Å². The molecule has 15 heavy (non-hydrogen) atoms. The third kappa shape index (κ3) is 3.10. The van der Waals surface area contributed by atoms with Crippen molar-refractivity contribution in [2.45, 2.75) is 45.1 Å². The molecule has 1 aromatic heterocycles. The van der Waals surface area contributed by atoms with Crippen LogP contribution in [-0.4, -0.2) is 6.54 Å². The number of furan rings is 1. The van der Waals surface area contributed by atoms with Gasteiger partial charge in [-0.15, -0.1) is 0 Å². The largest absolute Gasteiger partial charge is 0.472 e. The van der Waals surface area contributed by atoms with Crippen molar-refractivity contribution in [1.29, 1.82) is 0 Å². The van der Waals surface area contributed by atoms with Crippen molar-refractivity contribution < 1.29 is 4.42 Å². The van der Waals surface area contributed by atoms with E-state index in [4.69, 9.17) is 4.42 Å². The van der Waals surface area contributed by atoms with Crippen LogP contribution >= 0.6 is 0 Å². The summed E-state index contributed by atoms with van der Waals surface area (Å²) in [5.74, 6) is 0.981. The highest BCUT2D eigenvalue weighted by atomic mass is 16.3. The van der Waals surface area contributed by atoms with Crippen LogP contribution in [0.15, 0.2) is 23.0 Å². The maximum absolute atomic E-state index is 5.08. The Morgan fingerprint density at radius 2 is 2.27 bits per heavy atom. The van der Waals surface area contributed by atoms with Gasteiger partial charge in [0.1, 0.15) is 0 Å². The molecule has 0 amide bonds. The summed E-state index contributed by atoms with van der Waals surface area (Å²) in [6, 6.07) is 2.46. The zero-order chi connectivity index (χ0) is 10.5. The fourth-order valence-corrected chi connectivity index (χ4v) is 2.44. The zero-order valence-corrected chi connectivity index (χ0v) is 9.54. The van der Waals surface area contributed by atoms with E-state index in [1.165, 1.54) is 37.7 Å². The first-order valence-corrected chi connectivity index (χ1v) is 6.12. The number of hydrogen-bond acceptors (Lipinski definition) is 2. The van der Waals surface area contributed by atoms with Gasteiger partial charge in [0.2, 0.25) is 0 Å². The Kier molecular flexibility index (Phi) is 3.84. The fraction of sp³-hybridized carbons (Fsp3) is 0.692. The van der Waals surface area contributed by atoms with E-state index >= 15 is 0 Å². The second-order valence-corrected chi connectivity index (χ2v) is 4.67. The van der Waals surface area contributed by atoms with Crippen LogP contribution in [0.2, 0.25) is 0 Å². The summed E-state index contributed by atoms with van der Waals surface area (Å²) < 4.78 is 5.08. The summed E-state index contributed by atoms with van der Waals surface area (Å²) in [5, 5.41) is 3.55. The lowest BCUT2D eigenvalue weighted by atomic mass is 10.0. The van der Waals surface area contributed by atoms with E-state index in [9.17, 15) is 0 Å². The fourth-order valence-electron chi connectivity index (χ4n) is 2.44. The van der Waals surface area contributed by atoms with Crippen molar-refractivity contribution in [3.05, 3.63) is 24.2 Å². The standard InChI is InChI=1S/C13H21NO/c1-11(13-7-9-15-10-13)14-8-6-12-4-2-3-5-12/h7,9-12,14H,2-6,8H2,1H3. The van der Waals surface area contributed by atoms with E-state index in [0.717, 1.165) is 12.5 Å². The lowest BCUT2D eigenvalue weighted by Crippen LogP contribution is -2.21. The molecule has 1 aliphatic carbocycles. The Balaban J connectivity index is 1.65.